The van der Waals surface area contributed by atoms with Crippen molar-refractivity contribution in [2.45, 2.75) is 19.5 Å². The van der Waals surface area contributed by atoms with Gasteiger partial charge in [-0.1, -0.05) is 18.2 Å². The topological polar surface area (TPSA) is 68.4 Å². The van der Waals surface area contributed by atoms with Crippen LogP contribution in [0.4, 0.5) is 0 Å². The Labute approximate surface area is 117 Å². The first-order chi connectivity index (χ1) is 9.66. The molecule has 0 radical (unpaired) electrons. The Morgan fingerprint density at radius 1 is 1.45 bits per heavy atom. The minimum atomic E-state index is -0.755. The van der Waals surface area contributed by atoms with E-state index in [1.165, 1.54) is 10.9 Å². The highest BCUT2D eigenvalue weighted by molar-refractivity contribution is 5.84. The van der Waals surface area contributed by atoms with Crippen LogP contribution in [0.5, 0.6) is 0 Å². The predicted octanol–water partition coefficient (Wildman–Crippen LogP) is 1.33. The zero-order valence-electron chi connectivity index (χ0n) is 11.5. The number of nitrogens with zero attached hydrogens (tertiary/aromatic N) is 1. The molecule has 1 aliphatic heterocycles. The highest BCUT2D eigenvalue weighted by Crippen LogP contribution is 2.24. The quantitative estimate of drug-likeness (QED) is 0.789. The summed E-state index contributed by atoms with van der Waals surface area (Å²) in [5, 5.41) is 13.7. The molecule has 0 spiro atoms. The molecule has 2 heterocycles. The van der Waals surface area contributed by atoms with Gasteiger partial charge in [0.15, 0.2) is 0 Å². The third kappa shape index (κ3) is 2.30. The summed E-state index contributed by atoms with van der Waals surface area (Å²) in [5.74, 6) is -0.755. The van der Waals surface area contributed by atoms with Crippen LogP contribution in [0.25, 0.3) is 10.9 Å². The first-order valence-corrected chi connectivity index (χ1v) is 6.90. The van der Waals surface area contributed by atoms with Gasteiger partial charge in [0, 0.05) is 42.8 Å². The molecule has 2 aromatic rings. The Morgan fingerprint density at radius 2 is 2.25 bits per heavy atom. The van der Waals surface area contributed by atoms with Gasteiger partial charge in [0.2, 0.25) is 0 Å². The summed E-state index contributed by atoms with van der Waals surface area (Å²) in [4.78, 5) is 16.8. The maximum absolute atomic E-state index is 11.4. The number of carboxylic acids is 1. The van der Waals surface area contributed by atoms with E-state index >= 15 is 0 Å². The van der Waals surface area contributed by atoms with E-state index < -0.39 is 12.0 Å². The highest BCUT2D eigenvalue weighted by Gasteiger charge is 2.29. The molecule has 3 rings (SSSR count). The molecule has 3 N–H and O–H groups in total. The normalized spacial score (nSPS) is 20.4. The third-order valence-corrected chi connectivity index (χ3v) is 4.03. The minimum absolute atomic E-state index is 0.447. The van der Waals surface area contributed by atoms with Crippen LogP contribution in [0, 0.1) is 6.92 Å². The SMILES string of the molecule is Cc1[nH]c2ccccc2c1CN1CCNCC1C(=O)O. The zero-order chi connectivity index (χ0) is 14.1. The van der Waals surface area contributed by atoms with Gasteiger partial charge in [0.05, 0.1) is 0 Å². The number of piperazine rings is 1. The number of aliphatic carboxylic acids is 1. The number of carboxylic acid groups (broad SMARTS) is 1. The van der Waals surface area contributed by atoms with E-state index in [1.54, 1.807) is 0 Å². The lowest BCUT2D eigenvalue weighted by Gasteiger charge is -2.33. The average molecular weight is 273 g/mol. The molecular weight excluding hydrogens is 254 g/mol. The van der Waals surface area contributed by atoms with E-state index in [2.05, 4.69) is 22.4 Å². The number of hydrogen-bond acceptors (Lipinski definition) is 3. The lowest BCUT2D eigenvalue weighted by atomic mass is 10.1. The van der Waals surface area contributed by atoms with Gasteiger partial charge in [-0.15, -0.1) is 0 Å². The second kappa shape index (κ2) is 5.26. The van der Waals surface area contributed by atoms with E-state index in [9.17, 15) is 9.90 Å². The number of rotatable bonds is 3. The molecule has 0 bridgehead atoms. The number of fused-ring (bicyclic) bond motifs is 1. The standard InChI is InChI=1S/C15H19N3O2/c1-10-12(11-4-2-3-5-13(11)17-10)9-18-7-6-16-8-14(18)15(19)20/h2-5,14,16-17H,6-9H2,1H3,(H,19,20). The molecule has 0 aliphatic carbocycles. The van der Waals surface area contributed by atoms with Gasteiger partial charge >= 0.3 is 5.97 Å². The van der Waals surface area contributed by atoms with Crippen molar-refractivity contribution in [3.05, 3.63) is 35.5 Å². The molecule has 0 amide bonds. The van der Waals surface area contributed by atoms with Crippen molar-refractivity contribution in [3.8, 4) is 0 Å². The molecule has 1 aromatic carbocycles. The van der Waals surface area contributed by atoms with E-state index in [-0.39, 0.29) is 0 Å². The molecule has 1 fully saturated rings. The van der Waals surface area contributed by atoms with E-state index in [0.717, 1.165) is 24.3 Å². The van der Waals surface area contributed by atoms with Crippen LogP contribution in [-0.4, -0.2) is 46.6 Å². The molecule has 1 aromatic heterocycles. The summed E-state index contributed by atoms with van der Waals surface area (Å²) >= 11 is 0. The average Bonchev–Trinajstić information content (AvgIpc) is 2.76. The summed E-state index contributed by atoms with van der Waals surface area (Å²) in [7, 11) is 0. The van der Waals surface area contributed by atoms with E-state index in [0.29, 0.717) is 13.1 Å². The Kier molecular flexibility index (Phi) is 3.46. The Morgan fingerprint density at radius 3 is 3.05 bits per heavy atom. The Bertz CT molecular complexity index is 635. The molecule has 5 nitrogen and oxygen atoms in total. The largest absolute Gasteiger partial charge is 0.480 e. The second-order valence-corrected chi connectivity index (χ2v) is 5.30. The van der Waals surface area contributed by atoms with Crippen LogP contribution in [0.2, 0.25) is 0 Å². The fourth-order valence-electron chi connectivity index (χ4n) is 2.92. The van der Waals surface area contributed by atoms with Gasteiger partial charge < -0.3 is 15.4 Å². The van der Waals surface area contributed by atoms with Gasteiger partial charge in [0.25, 0.3) is 0 Å². The maximum Gasteiger partial charge on any atom is 0.322 e. The monoisotopic (exact) mass is 273 g/mol. The lowest BCUT2D eigenvalue weighted by molar-refractivity contribution is -0.144. The van der Waals surface area contributed by atoms with Crippen molar-refractivity contribution < 1.29 is 9.90 Å². The fraction of sp³-hybridized carbons (Fsp3) is 0.400. The van der Waals surface area contributed by atoms with Gasteiger partial charge in [-0.05, 0) is 18.6 Å². The predicted molar refractivity (Wildman–Crippen MR) is 77.7 cm³/mol. The van der Waals surface area contributed by atoms with Crippen molar-refractivity contribution in [1.29, 1.82) is 0 Å². The number of H-pyrrole nitrogens is 1. The van der Waals surface area contributed by atoms with Crippen LogP contribution in [0.15, 0.2) is 24.3 Å². The highest BCUT2D eigenvalue weighted by atomic mass is 16.4. The van der Waals surface area contributed by atoms with Crippen molar-refractivity contribution in [2.75, 3.05) is 19.6 Å². The molecule has 106 valence electrons. The van der Waals surface area contributed by atoms with Gasteiger partial charge in [-0.2, -0.15) is 0 Å². The molecule has 1 aliphatic rings. The smallest absolute Gasteiger partial charge is 0.322 e. The number of benzene rings is 1. The maximum atomic E-state index is 11.4. The van der Waals surface area contributed by atoms with Crippen molar-refractivity contribution in [1.82, 2.24) is 15.2 Å². The molecule has 1 atom stereocenters. The number of nitrogens with one attached hydrogen (secondary N) is 2. The van der Waals surface area contributed by atoms with Crippen molar-refractivity contribution in [2.24, 2.45) is 0 Å². The van der Waals surface area contributed by atoms with Crippen LogP contribution < -0.4 is 5.32 Å². The van der Waals surface area contributed by atoms with Crippen LogP contribution in [-0.2, 0) is 11.3 Å². The number of hydrogen-bond donors (Lipinski definition) is 3. The first kappa shape index (κ1) is 13.1. The fourth-order valence-corrected chi connectivity index (χ4v) is 2.92. The summed E-state index contributed by atoms with van der Waals surface area (Å²) in [5.41, 5.74) is 3.43. The number of aromatic nitrogens is 1. The van der Waals surface area contributed by atoms with Crippen LogP contribution in [0.3, 0.4) is 0 Å². The summed E-state index contributed by atoms with van der Waals surface area (Å²) in [6.45, 7) is 4.83. The molecule has 1 saturated heterocycles. The zero-order valence-corrected chi connectivity index (χ0v) is 11.5. The molecule has 20 heavy (non-hydrogen) atoms. The summed E-state index contributed by atoms with van der Waals surface area (Å²) in [6.07, 6.45) is 0. The Balaban J connectivity index is 1.92. The number of carbonyl (C=O) groups is 1. The van der Waals surface area contributed by atoms with Crippen LogP contribution >= 0.6 is 0 Å². The number of para-hydroxylation sites is 1. The second-order valence-electron chi connectivity index (χ2n) is 5.30. The van der Waals surface area contributed by atoms with Crippen LogP contribution in [0.1, 0.15) is 11.3 Å². The van der Waals surface area contributed by atoms with Crippen molar-refractivity contribution in [3.63, 3.8) is 0 Å². The van der Waals surface area contributed by atoms with Gasteiger partial charge in [-0.3, -0.25) is 9.69 Å². The number of aromatic amines is 1. The van der Waals surface area contributed by atoms with E-state index in [4.69, 9.17) is 0 Å². The molecule has 0 saturated carbocycles. The first-order valence-electron chi connectivity index (χ1n) is 6.90. The molecule has 5 heteroatoms. The Hall–Kier alpha value is -1.85. The lowest BCUT2D eigenvalue weighted by Crippen LogP contribution is -2.54. The summed E-state index contributed by atoms with van der Waals surface area (Å²) in [6, 6.07) is 7.72. The van der Waals surface area contributed by atoms with E-state index in [1.807, 2.05) is 24.0 Å². The van der Waals surface area contributed by atoms with Gasteiger partial charge in [-0.25, -0.2) is 0 Å². The number of aryl methyl sites for hydroxylation is 1. The van der Waals surface area contributed by atoms with Gasteiger partial charge in [0.1, 0.15) is 6.04 Å². The molecular formula is C15H19N3O2. The minimum Gasteiger partial charge on any atom is -0.480 e. The molecule has 1 unspecified atom stereocenters. The summed E-state index contributed by atoms with van der Waals surface area (Å²) < 4.78 is 0. The third-order valence-electron chi connectivity index (χ3n) is 4.03. The van der Waals surface area contributed by atoms with Crippen molar-refractivity contribution >= 4 is 16.9 Å².